The normalized spacial score (nSPS) is 17.1. The number of pyridine rings is 1. The molecule has 1 aliphatic heterocycles. The summed E-state index contributed by atoms with van der Waals surface area (Å²) in [6.07, 6.45) is 7.18. The topological polar surface area (TPSA) is 42.4 Å². The molecule has 0 saturated carbocycles. The summed E-state index contributed by atoms with van der Waals surface area (Å²) >= 11 is 0. The molecule has 1 aliphatic rings. The van der Waals surface area contributed by atoms with E-state index >= 15 is 0 Å². The fourth-order valence-corrected chi connectivity index (χ4v) is 2.90. The third-order valence-electron chi connectivity index (χ3n) is 4.16. The number of carbonyl (C=O) groups excluding carboxylic acids is 1. The van der Waals surface area contributed by atoms with Crippen LogP contribution < -0.4 is 4.90 Å². The van der Waals surface area contributed by atoms with Gasteiger partial charge >= 0.3 is 0 Å². The highest BCUT2D eigenvalue weighted by Crippen LogP contribution is 2.21. The second-order valence-corrected chi connectivity index (χ2v) is 5.84. The van der Waals surface area contributed by atoms with Crippen LogP contribution >= 0.6 is 0 Å². The van der Waals surface area contributed by atoms with Gasteiger partial charge in [0.15, 0.2) is 0 Å². The molecule has 0 bridgehead atoms. The minimum atomic E-state index is 0.135. The minimum absolute atomic E-state index is 0.135. The standard InChI is InChI=1S/C19H22N2O2/c22-19(9-8-18-7-4-14-23-18)21(17-10-12-20-13-11-17)15-16-5-2-1-3-6-16/h1-3,5-6,10-13,18H,4,7-9,14-15H2/t18-/m0/s1. The van der Waals surface area contributed by atoms with Crippen molar-refractivity contribution in [3.8, 4) is 0 Å². The molecule has 3 rings (SSSR count). The van der Waals surface area contributed by atoms with Gasteiger partial charge in [-0.1, -0.05) is 30.3 Å². The van der Waals surface area contributed by atoms with E-state index in [0.29, 0.717) is 13.0 Å². The molecular formula is C19H22N2O2. The van der Waals surface area contributed by atoms with Crippen LogP contribution in [0.25, 0.3) is 0 Å². The SMILES string of the molecule is O=C(CC[C@@H]1CCCO1)N(Cc1ccccc1)c1ccncc1. The van der Waals surface area contributed by atoms with Gasteiger partial charge in [-0.05, 0) is 37.0 Å². The summed E-state index contributed by atoms with van der Waals surface area (Å²) in [5, 5.41) is 0. The highest BCUT2D eigenvalue weighted by Gasteiger charge is 2.20. The second-order valence-electron chi connectivity index (χ2n) is 5.84. The quantitative estimate of drug-likeness (QED) is 0.819. The Morgan fingerprint density at radius 1 is 1.17 bits per heavy atom. The molecule has 0 aliphatic carbocycles. The van der Waals surface area contributed by atoms with Gasteiger partial charge in [0.2, 0.25) is 5.91 Å². The summed E-state index contributed by atoms with van der Waals surface area (Å²) in [5.74, 6) is 0.135. The predicted molar refractivity (Wildman–Crippen MR) is 90.1 cm³/mol. The van der Waals surface area contributed by atoms with Crippen molar-refractivity contribution in [3.05, 3.63) is 60.4 Å². The molecule has 120 valence electrons. The molecule has 0 radical (unpaired) electrons. The summed E-state index contributed by atoms with van der Waals surface area (Å²) < 4.78 is 5.63. The van der Waals surface area contributed by atoms with Gasteiger partial charge in [0.1, 0.15) is 0 Å². The maximum Gasteiger partial charge on any atom is 0.227 e. The van der Waals surface area contributed by atoms with E-state index in [4.69, 9.17) is 4.74 Å². The second kappa shape index (κ2) is 7.88. The summed E-state index contributed by atoms with van der Waals surface area (Å²) in [6.45, 7) is 1.41. The number of rotatable bonds is 6. The van der Waals surface area contributed by atoms with Gasteiger partial charge in [-0.3, -0.25) is 9.78 Å². The summed E-state index contributed by atoms with van der Waals surface area (Å²) in [6, 6.07) is 13.8. The first-order valence-electron chi connectivity index (χ1n) is 8.19. The van der Waals surface area contributed by atoms with Crippen LogP contribution in [0.15, 0.2) is 54.9 Å². The average molecular weight is 310 g/mol. The van der Waals surface area contributed by atoms with Gasteiger partial charge in [0, 0.05) is 31.1 Å². The molecule has 2 aromatic rings. The van der Waals surface area contributed by atoms with E-state index in [9.17, 15) is 4.79 Å². The molecule has 0 N–H and O–H groups in total. The first-order chi connectivity index (χ1) is 11.3. The van der Waals surface area contributed by atoms with Gasteiger partial charge in [-0.25, -0.2) is 0 Å². The highest BCUT2D eigenvalue weighted by atomic mass is 16.5. The van der Waals surface area contributed by atoms with Crippen LogP contribution in [0.1, 0.15) is 31.2 Å². The average Bonchev–Trinajstić information content (AvgIpc) is 3.13. The van der Waals surface area contributed by atoms with E-state index in [1.54, 1.807) is 12.4 Å². The largest absolute Gasteiger partial charge is 0.378 e. The lowest BCUT2D eigenvalue weighted by Gasteiger charge is -2.23. The number of benzene rings is 1. The van der Waals surface area contributed by atoms with Crippen molar-refractivity contribution in [1.29, 1.82) is 0 Å². The number of nitrogens with zero attached hydrogens (tertiary/aromatic N) is 2. The molecule has 2 heterocycles. The third-order valence-corrected chi connectivity index (χ3v) is 4.16. The van der Waals surface area contributed by atoms with Gasteiger partial charge < -0.3 is 9.64 Å². The molecule has 1 aromatic heterocycles. The molecule has 1 saturated heterocycles. The van der Waals surface area contributed by atoms with E-state index in [1.165, 1.54) is 0 Å². The Kier molecular flexibility index (Phi) is 5.37. The smallest absolute Gasteiger partial charge is 0.227 e. The Balaban J connectivity index is 1.70. The lowest BCUT2D eigenvalue weighted by atomic mass is 10.1. The molecule has 4 nitrogen and oxygen atoms in total. The molecule has 1 fully saturated rings. The Morgan fingerprint density at radius 3 is 2.65 bits per heavy atom. The zero-order valence-corrected chi connectivity index (χ0v) is 13.2. The van der Waals surface area contributed by atoms with Gasteiger partial charge in [0.25, 0.3) is 0 Å². The number of carbonyl (C=O) groups is 1. The monoisotopic (exact) mass is 310 g/mol. The molecule has 4 heteroatoms. The Labute approximate surface area is 137 Å². The van der Waals surface area contributed by atoms with Gasteiger partial charge in [-0.15, -0.1) is 0 Å². The van der Waals surface area contributed by atoms with Crippen LogP contribution in [-0.4, -0.2) is 23.6 Å². The van der Waals surface area contributed by atoms with E-state index in [-0.39, 0.29) is 12.0 Å². The molecule has 23 heavy (non-hydrogen) atoms. The van der Waals surface area contributed by atoms with Crippen molar-refractivity contribution < 1.29 is 9.53 Å². The van der Waals surface area contributed by atoms with Crippen LogP contribution in [0, 0.1) is 0 Å². The van der Waals surface area contributed by atoms with Crippen LogP contribution in [0.3, 0.4) is 0 Å². The Hall–Kier alpha value is -2.20. The number of amides is 1. The molecule has 1 aromatic carbocycles. The van der Waals surface area contributed by atoms with Crippen LogP contribution in [0.4, 0.5) is 5.69 Å². The molecule has 1 atom stereocenters. The van der Waals surface area contributed by atoms with Crippen molar-refractivity contribution in [2.24, 2.45) is 0 Å². The number of ether oxygens (including phenoxy) is 1. The third kappa shape index (κ3) is 4.39. The minimum Gasteiger partial charge on any atom is -0.378 e. The molecule has 0 spiro atoms. The zero-order valence-electron chi connectivity index (χ0n) is 13.2. The summed E-state index contributed by atoms with van der Waals surface area (Å²) in [5.41, 5.74) is 2.01. The first kappa shape index (κ1) is 15.7. The van der Waals surface area contributed by atoms with E-state index in [1.807, 2.05) is 47.4 Å². The van der Waals surface area contributed by atoms with Crippen LogP contribution in [-0.2, 0) is 16.1 Å². The van der Waals surface area contributed by atoms with Gasteiger partial charge in [0.05, 0.1) is 12.6 Å². The summed E-state index contributed by atoms with van der Waals surface area (Å²) in [4.78, 5) is 18.6. The molecule has 0 unspecified atom stereocenters. The van der Waals surface area contributed by atoms with Crippen molar-refractivity contribution in [1.82, 2.24) is 4.98 Å². The Bertz CT molecular complexity index is 610. The van der Waals surface area contributed by atoms with Crippen molar-refractivity contribution in [2.75, 3.05) is 11.5 Å². The van der Waals surface area contributed by atoms with Crippen LogP contribution in [0.5, 0.6) is 0 Å². The summed E-state index contributed by atoms with van der Waals surface area (Å²) in [7, 11) is 0. The number of aromatic nitrogens is 1. The van der Waals surface area contributed by atoms with Crippen molar-refractivity contribution >= 4 is 11.6 Å². The molecular weight excluding hydrogens is 288 g/mol. The van der Waals surface area contributed by atoms with E-state index in [2.05, 4.69) is 4.98 Å². The maximum atomic E-state index is 12.8. The van der Waals surface area contributed by atoms with Crippen LogP contribution in [0.2, 0.25) is 0 Å². The number of anilines is 1. The van der Waals surface area contributed by atoms with Crippen molar-refractivity contribution in [2.45, 2.75) is 38.3 Å². The lowest BCUT2D eigenvalue weighted by Crippen LogP contribution is -2.31. The van der Waals surface area contributed by atoms with Gasteiger partial charge in [-0.2, -0.15) is 0 Å². The number of hydrogen-bond acceptors (Lipinski definition) is 3. The highest BCUT2D eigenvalue weighted by molar-refractivity contribution is 5.93. The maximum absolute atomic E-state index is 12.8. The zero-order chi connectivity index (χ0) is 15.9. The first-order valence-corrected chi connectivity index (χ1v) is 8.19. The lowest BCUT2D eigenvalue weighted by molar-refractivity contribution is -0.119. The van der Waals surface area contributed by atoms with Crippen molar-refractivity contribution in [3.63, 3.8) is 0 Å². The predicted octanol–water partition coefficient (Wildman–Crippen LogP) is 3.57. The number of hydrogen-bond donors (Lipinski definition) is 0. The van der Waals surface area contributed by atoms with E-state index < -0.39 is 0 Å². The van der Waals surface area contributed by atoms with E-state index in [0.717, 1.165) is 37.1 Å². The fraction of sp³-hybridized carbons (Fsp3) is 0.368. The Morgan fingerprint density at radius 2 is 1.96 bits per heavy atom. The molecule has 1 amide bonds. The fourth-order valence-electron chi connectivity index (χ4n) is 2.90.